The summed E-state index contributed by atoms with van der Waals surface area (Å²) in [4.78, 5) is 32.7. The fourth-order valence-electron chi connectivity index (χ4n) is 1.41. The van der Waals surface area contributed by atoms with E-state index in [1.165, 1.54) is 13.0 Å². The molecule has 1 rings (SSSR count). The highest BCUT2D eigenvalue weighted by molar-refractivity contribution is 6.13. The van der Waals surface area contributed by atoms with Crippen molar-refractivity contribution in [1.82, 2.24) is 0 Å². The fourth-order valence-corrected chi connectivity index (χ4v) is 1.41. The fraction of sp³-hybridized carbons (Fsp3) is 0.214. The number of hydrogen-bond acceptors (Lipinski definition) is 4. The van der Waals surface area contributed by atoms with E-state index in [4.69, 9.17) is 5.11 Å². The number of ether oxygens (including phenoxy) is 1. The molecule has 0 bridgehead atoms. The number of rotatable bonds is 5. The summed E-state index contributed by atoms with van der Waals surface area (Å²) in [5, 5.41) is 8.55. The molecule has 19 heavy (non-hydrogen) atoms. The van der Waals surface area contributed by atoms with Gasteiger partial charge in [0, 0.05) is 5.57 Å². The summed E-state index contributed by atoms with van der Waals surface area (Å²) < 4.78 is 4.42. The van der Waals surface area contributed by atoms with E-state index in [0.29, 0.717) is 5.57 Å². The van der Waals surface area contributed by atoms with E-state index in [0.717, 1.165) is 0 Å². The quantitative estimate of drug-likeness (QED) is 0.465. The number of hydrogen-bond donors (Lipinski definition) is 1. The molecule has 0 amide bonds. The minimum atomic E-state index is -0.884. The number of carbonyl (C=O) groups is 3. The lowest BCUT2D eigenvalue weighted by Crippen LogP contribution is -2.00. The summed E-state index contributed by atoms with van der Waals surface area (Å²) in [5.41, 5.74) is 1.23. The maximum absolute atomic E-state index is 11.2. The molecular weight excluding hydrogens is 248 g/mol. The van der Waals surface area contributed by atoms with E-state index >= 15 is 0 Å². The van der Waals surface area contributed by atoms with Gasteiger partial charge in [0.1, 0.15) is 0 Å². The van der Waals surface area contributed by atoms with Crippen LogP contribution in [0.3, 0.4) is 0 Å². The largest absolute Gasteiger partial charge is 0.481 e. The van der Waals surface area contributed by atoms with Gasteiger partial charge in [0.2, 0.25) is 0 Å². The van der Waals surface area contributed by atoms with Crippen molar-refractivity contribution in [2.75, 3.05) is 0 Å². The summed E-state index contributed by atoms with van der Waals surface area (Å²) in [6.45, 7) is 3.23. The summed E-state index contributed by atoms with van der Waals surface area (Å²) in [6, 6.07) is 0. The Morgan fingerprint density at radius 3 is 2.42 bits per heavy atom. The van der Waals surface area contributed by atoms with Gasteiger partial charge >= 0.3 is 17.9 Å². The van der Waals surface area contributed by atoms with Crippen molar-refractivity contribution in [3.63, 3.8) is 0 Å². The predicted molar refractivity (Wildman–Crippen MR) is 68.1 cm³/mol. The number of carboxylic acids is 1. The molecular formula is C14H14O5. The zero-order chi connectivity index (χ0) is 14.4. The topological polar surface area (TPSA) is 80.7 Å². The molecule has 1 aliphatic heterocycles. The van der Waals surface area contributed by atoms with Gasteiger partial charge in [-0.25, -0.2) is 9.59 Å². The predicted octanol–water partition coefficient (Wildman–Crippen LogP) is 1.92. The molecule has 0 atom stereocenters. The minimum Gasteiger partial charge on any atom is -0.481 e. The maximum atomic E-state index is 11.2. The zero-order valence-corrected chi connectivity index (χ0v) is 10.7. The average Bonchev–Trinajstić information content (AvgIpc) is 2.53. The van der Waals surface area contributed by atoms with Crippen LogP contribution in [-0.2, 0) is 19.1 Å². The van der Waals surface area contributed by atoms with Crippen LogP contribution in [0.2, 0.25) is 0 Å². The van der Waals surface area contributed by atoms with Gasteiger partial charge in [-0.1, -0.05) is 29.9 Å². The van der Waals surface area contributed by atoms with Crippen LogP contribution in [0.4, 0.5) is 0 Å². The number of carbonyl (C=O) groups excluding carboxylic acids is 2. The van der Waals surface area contributed by atoms with Crippen molar-refractivity contribution in [2.45, 2.75) is 20.3 Å². The van der Waals surface area contributed by atoms with Gasteiger partial charge in [-0.2, -0.15) is 0 Å². The van der Waals surface area contributed by atoms with Crippen LogP contribution >= 0.6 is 0 Å². The Kier molecular flexibility index (Phi) is 5.00. The van der Waals surface area contributed by atoms with E-state index in [2.05, 4.69) is 4.74 Å². The Bertz CT molecular complexity index is 532. The number of cyclic esters (lactones) is 2. The minimum absolute atomic E-state index is 0.0147. The normalized spacial score (nSPS) is 16.8. The Hall–Kier alpha value is -2.43. The van der Waals surface area contributed by atoms with Crippen LogP contribution in [0.25, 0.3) is 0 Å². The highest BCUT2D eigenvalue weighted by Crippen LogP contribution is 2.17. The van der Waals surface area contributed by atoms with Crippen LogP contribution < -0.4 is 0 Å². The molecule has 0 spiro atoms. The van der Waals surface area contributed by atoms with Crippen molar-refractivity contribution < 1.29 is 24.2 Å². The molecule has 0 aromatic heterocycles. The standard InChI is InChI=1S/C14H14O5/c1-9(8-12(15)16)6-4-3-5-7-11-10(2)13(17)19-14(11)18/h3-7H,8H2,1-2H3,(H,15,16). The first-order valence-electron chi connectivity index (χ1n) is 5.61. The number of carboxylic acid groups (broad SMARTS) is 1. The SMILES string of the molecule is CC(=CC=CC=CC1=C(C)C(=O)OC1=O)CC(=O)O. The molecule has 5 nitrogen and oxygen atoms in total. The van der Waals surface area contributed by atoms with E-state index in [-0.39, 0.29) is 17.6 Å². The monoisotopic (exact) mass is 262 g/mol. The third-order valence-electron chi connectivity index (χ3n) is 2.41. The summed E-state index contributed by atoms with van der Waals surface area (Å²) in [5.74, 6) is -2.15. The third-order valence-corrected chi connectivity index (χ3v) is 2.41. The highest BCUT2D eigenvalue weighted by Gasteiger charge is 2.27. The van der Waals surface area contributed by atoms with Gasteiger partial charge in [-0.3, -0.25) is 4.79 Å². The Labute approximate surface area is 110 Å². The molecule has 0 aromatic carbocycles. The summed E-state index contributed by atoms with van der Waals surface area (Å²) >= 11 is 0. The number of esters is 2. The Morgan fingerprint density at radius 1 is 1.21 bits per heavy atom. The lowest BCUT2D eigenvalue weighted by molar-refractivity contribution is -0.151. The summed E-state index contributed by atoms with van der Waals surface area (Å²) in [7, 11) is 0. The maximum Gasteiger partial charge on any atom is 0.346 e. The Balaban J connectivity index is 2.62. The summed E-state index contributed by atoms with van der Waals surface area (Å²) in [6.07, 6.45) is 8.02. The second-order valence-electron chi connectivity index (χ2n) is 4.04. The van der Waals surface area contributed by atoms with Crippen LogP contribution in [0, 0.1) is 0 Å². The van der Waals surface area contributed by atoms with E-state index < -0.39 is 17.9 Å². The van der Waals surface area contributed by atoms with Gasteiger partial charge in [0.15, 0.2) is 0 Å². The zero-order valence-electron chi connectivity index (χ0n) is 10.7. The lowest BCUT2D eigenvalue weighted by atomic mass is 10.1. The Morgan fingerprint density at radius 2 is 1.89 bits per heavy atom. The van der Waals surface area contributed by atoms with E-state index in [9.17, 15) is 14.4 Å². The van der Waals surface area contributed by atoms with Crippen molar-refractivity contribution in [3.05, 3.63) is 47.1 Å². The van der Waals surface area contributed by atoms with Gasteiger partial charge in [0.05, 0.1) is 12.0 Å². The molecule has 100 valence electrons. The van der Waals surface area contributed by atoms with Crippen molar-refractivity contribution in [3.8, 4) is 0 Å². The second-order valence-corrected chi connectivity index (χ2v) is 4.04. The van der Waals surface area contributed by atoms with Crippen molar-refractivity contribution in [1.29, 1.82) is 0 Å². The molecule has 1 aliphatic rings. The second kappa shape index (κ2) is 6.49. The first kappa shape index (κ1) is 14.6. The molecule has 0 aliphatic carbocycles. The molecule has 1 N–H and O–H groups in total. The molecule has 0 fully saturated rings. The lowest BCUT2D eigenvalue weighted by Gasteiger charge is -1.91. The van der Waals surface area contributed by atoms with Crippen LogP contribution in [-0.4, -0.2) is 23.0 Å². The van der Waals surface area contributed by atoms with Gasteiger partial charge in [0.25, 0.3) is 0 Å². The van der Waals surface area contributed by atoms with Crippen LogP contribution in [0.1, 0.15) is 20.3 Å². The highest BCUT2D eigenvalue weighted by atomic mass is 16.6. The molecule has 0 radical (unpaired) electrons. The molecule has 0 unspecified atom stereocenters. The molecule has 0 saturated heterocycles. The average molecular weight is 262 g/mol. The van der Waals surface area contributed by atoms with E-state index in [1.807, 2.05) is 0 Å². The van der Waals surface area contributed by atoms with Gasteiger partial charge < -0.3 is 9.84 Å². The first-order chi connectivity index (χ1) is 8.91. The van der Waals surface area contributed by atoms with Gasteiger partial charge in [-0.05, 0) is 19.9 Å². The number of allylic oxidation sites excluding steroid dienone is 4. The van der Waals surface area contributed by atoms with E-state index in [1.54, 1.807) is 31.2 Å². The smallest absolute Gasteiger partial charge is 0.346 e. The molecule has 5 heteroatoms. The number of aliphatic carboxylic acids is 1. The molecule has 0 aromatic rings. The third kappa shape index (κ3) is 4.39. The first-order valence-corrected chi connectivity index (χ1v) is 5.61. The van der Waals surface area contributed by atoms with Gasteiger partial charge in [-0.15, -0.1) is 0 Å². The van der Waals surface area contributed by atoms with Crippen molar-refractivity contribution in [2.24, 2.45) is 0 Å². The van der Waals surface area contributed by atoms with Crippen LogP contribution in [0.15, 0.2) is 47.1 Å². The molecule has 1 heterocycles. The molecule has 0 saturated carbocycles. The van der Waals surface area contributed by atoms with Crippen molar-refractivity contribution >= 4 is 17.9 Å². The van der Waals surface area contributed by atoms with Crippen LogP contribution in [0.5, 0.6) is 0 Å².